The molecule has 0 amide bonds. The molecule has 0 atom stereocenters. The fourth-order valence-electron chi connectivity index (χ4n) is 3.70. The minimum Gasteiger partial charge on any atom is -0.383 e. The molecule has 2 aromatic rings. The van der Waals surface area contributed by atoms with Gasteiger partial charge >= 0.3 is 5.69 Å². The van der Waals surface area contributed by atoms with Crippen molar-refractivity contribution in [3.8, 4) is 0 Å². The van der Waals surface area contributed by atoms with Crippen LogP contribution in [-0.2, 0) is 27.8 Å². The highest BCUT2D eigenvalue weighted by atomic mass is 35.5. The van der Waals surface area contributed by atoms with Gasteiger partial charge in [-0.2, -0.15) is 9.40 Å². The summed E-state index contributed by atoms with van der Waals surface area (Å²) in [6, 6.07) is 2.98. The summed E-state index contributed by atoms with van der Waals surface area (Å²) in [4.78, 5) is 12.6. The second-order valence-corrected chi connectivity index (χ2v) is 10.0. The first-order valence-electron chi connectivity index (χ1n) is 9.83. The Morgan fingerprint density at radius 2 is 1.87 bits per heavy atom. The highest BCUT2D eigenvalue weighted by molar-refractivity contribution is 7.89. The molecule has 0 spiro atoms. The van der Waals surface area contributed by atoms with Crippen LogP contribution >= 0.6 is 23.2 Å². The van der Waals surface area contributed by atoms with Gasteiger partial charge in [0.05, 0.1) is 18.2 Å². The van der Waals surface area contributed by atoms with Crippen LogP contribution in [0.25, 0.3) is 0 Å². The Labute approximate surface area is 186 Å². The summed E-state index contributed by atoms with van der Waals surface area (Å²) in [5.41, 5.74) is 0.492. The Hall–Kier alpha value is -1.39. The van der Waals surface area contributed by atoms with Crippen LogP contribution in [0.3, 0.4) is 0 Å². The lowest BCUT2D eigenvalue weighted by Gasteiger charge is -2.31. The molecule has 2 heterocycles. The quantitative estimate of drug-likeness (QED) is 0.612. The Morgan fingerprint density at radius 3 is 2.47 bits per heavy atom. The molecule has 1 aliphatic rings. The Kier molecular flexibility index (Phi) is 7.29. The molecule has 1 aliphatic heterocycles. The molecule has 0 unspecified atom stereocenters. The monoisotopic (exact) mass is 476 g/mol. The van der Waals surface area contributed by atoms with Gasteiger partial charge in [-0.3, -0.25) is 4.57 Å². The van der Waals surface area contributed by atoms with Gasteiger partial charge in [-0.25, -0.2) is 17.9 Å². The highest BCUT2D eigenvalue weighted by Crippen LogP contribution is 2.33. The van der Waals surface area contributed by atoms with Crippen LogP contribution in [0, 0.1) is 6.92 Å². The summed E-state index contributed by atoms with van der Waals surface area (Å²) in [6.07, 6.45) is 1.15. The second kappa shape index (κ2) is 9.40. The maximum absolute atomic E-state index is 13.1. The van der Waals surface area contributed by atoms with Crippen molar-refractivity contribution in [1.29, 1.82) is 0 Å². The first kappa shape index (κ1) is 23.3. The number of benzene rings is 1. The normalized spacial score (nSPS) is 16.3. The smallest absolute Gasteiger partial charge is 0.345 e. The van der Waals surface area contributed by atoms with Crippen LogP contribution in [0.1, 0.15) is 37.1 Å². The first-order chi connectivity index (χ1) is 14.2. The van der Waals surface area contributed by atoms with Crippen molar-refractivity contribution in [1.82, 2.24) is 18.7 Å². The van der Waals surface area contributed by atoms with Crippen molar-refractivity contribution in [3.63, 3.8) is 0 Å². The van der Waals surface area contributed by atoms with Crippen LogP contribution in [0.2, 0.25) is 10.0 Å². The first-order valence-corrected chi connectivity index (χ1v) is 12.0. The van der Waals surface area contributed by atoms with Gasteiger partial charge < -0.3 is 4.74 Å². The largest absolute Gasteiger partial charge is 0.383 e. The molecule has 0 radical (unpaired) electrons. The number of methoxy groups -OCH3 is 1. The summed E-state index contributed by atoms with van der Waals surface area (Å²) < 4.78 is 35.8. The molecule has 166 valence electrons. The van der Waals surface area contributed by atoms with E-state index < -0.39 is 10.0 Å². The van der Waals surface area contributed by atoms with Gasteiger partial charge in [0.25, 0.3) is 0 Å². The number of hydrogen-bond donors (Lipinski definition) is 0. The topological polar surface area (TPSA) is 86.4 Å². The Morgan fingerprint density at radius 1 is 1.20 bits per heavy atom. The molecule has 1 aromatic heterocycles. The average Bonchev–Trinajstić information content (AvgIpc) is 3.04. The summed E-state index contributed by atoms with van der Waals surface area (Å²) in [7, 11) is -2.16. The van der Waals surface area contributed by atoms with Crippen molar-refractivity contribution in [2.24, 2.45) is 0 Å². The summed E-state index contributed by atoms with van der Waals surface area (Å²) in [5, 5.41) is 5.05. The second-order valence-electron chi connectivity index (χ2n) is 7.31. The Balaban J connectivity index is 1.80. The molecule has 1 aromatic carbocycles. The standard InChI is InChI=1S/C19H26Cl2N4O4S/c1-4-24-18(22-25(19(24)26)9-10-29-3)14-5-7-23(8-6-14)30(27,28)17-11-13(2)15(20)12-16(17)21/h11-12,14H,4-10H2,1-3H3. The van der Waals surface area contributed by atoms with Crippen LogP contribution in [0.5, 0.6) is 0 Å². The fourth-order valence-corrected chi connectivity index (χ4v) is 5.98. The van der Waals surface area contributed by atoms with E-state index in [2.05, 4.69) is 5.10 Å². The van der Waals surface area contributed by atoms with E-state index in [0.717, 1.165) is 0 Å². The molecule has 0 saturated carbocycles. The third kappa shape index (κ3) is 4.45. The number of hydrogen-bond acceptors (Lipinski definition) is 5. The predicted octanol–water partition coefficient (Wildman–Crippen LogP) is 2.89. The molecule has 0 bridgehead atoms. The van der Waals surface area contributed by atoms with E-state index in [4.69, 9.17) is 27.9 Å². The van der Waals surface area contributed by atoms with Crippen molar-refractivity contribution < 1.29 is 13.2 Å². The Bertz CT molecular complexity index is 1070. The van der Waals surface area contributed by atoms with E-state index >= 15 is 0 Å². The van der Waals surface area contributed by atoms with E-state index in [0.29, 0.717) is 62.0 Å². The van der Waals surface area contributed by atoms with Crippen LogP contribution in [-0.4, -0.2) is 53.9 Å². The number of aromatic nitrogens is 3. The minimum absolute atomic E-state index is 0.00956. The summed E-state index contributed by atoms with van der Waals surface area (Å²) in [6.45, 7) is 5.60. The number of aryl methyl sites for hydroxylation is 1. The van der Waals surface area contributed by atoms with E-state index in [1.165, 1.54) is 21.1 Å². The van der Waals surface area contributed by atoms with Gasteiger partial charge in [0.15, 0.2) is 0 Å². The number of piperidine rings is 1. The van der Waals surface area contributed by atoms with Gasteiger partial charge in [-0.15, -0.1) is 0 Å². The van der Waals surface area contributed by atoms with E-state index in [1.807, 2.05) is 6.92 Å². The zero-order valence-corrected chi connectivity index (χ0v) is 19.6. The highest BCUT2D eigenvalue weighted by Gasteiger charge is 2.33. The van der Waals surface area contributed by atoms with Crippen molar-refractivity contribution in [3.05, 3.63) is 44.1 Å². The molecule has 3 rings (SSSR count). The molecular formula is C19H26Cl2N4O4S. The molecule has 8 nitrogen and oxygen atoms in total. The molecule has 0 N–H and O–H groups in total. The predicted molar refractivity (Wildman–Crippen MR) is 116 cm³/mol. The molecular weight excluding hydrogens is 451 g/mol. The minimum atomic E-state index is -3.74. The van der Waals surface area contributed by atoms with Crippen molar-refractivity contribution in [2.75, 3.05) is 26.8 Å². The van der Waals surface area contributed by atoms with Gasteiger partial charge in [0, 0.05) is 37.7 Å². The lowest BCUT2D eigenvalue weighted by molar-refractivity contribution is 0.182. The van der Waals surface area contributed by atoms with Gasteiger partial charge in [0.2, 0.25) is 10.0 Å². The summed E-state index contributed by atoms with van der Waals surface area (Å²) in [5.74, 6) is 0.714. The molecule has 0 aliphatic carbocycles. The number of sulfonamides is 1. The van der Waals surface area contributed by atoms with Gasteiger partial charge in [-0.05, 0) is 44.4 Å². The van der Waals surface area contributed by atoms with Crippen molar-refractivity contribution in [2.45, 2.75) is 50.6 Å². The third-order valence-electron chi connectivity index (χ3n) is 5.42. The van der Waals surface area contributed by atoms with E-state index in [1.54, 1.807) is 18.6 Å². The molecule has 1 fully saturated rings. The molecule has 1 saturated heterocycles. The number of halogens is 2. The number of nitrogens with zero attached hydrogens (tertiary/aromatic N) is 4. The maximum atomic E-state index is 13.1. The van der Waals surface area contributed by atoms with Gasteiger partial charge in [-0.1, -0.05) is 23.2 Å². The zero-order valence-electron chi connectivity index (χ0n) is 17.3. The van der Waals surface area contributed by atoms with E-state index in [-0.39, 0.29) is 21.5 Å². The van der Waals surface area contributed by atoms with Crippen molar-refractivity contribution >= 4 is 33.2 Å². The average molecular weight is 477 g/mol. The van der Waals surface area contributed by atoms with Gasteiger partial charge in [0.1, 0.15) is 10.7 Å². The van der Waals surface area contributed by atoms with E-state index in [9.17, 15) is 13.2 Å². The van der Waals surface area contributed by atoms with Crippen LogP contribution < -0.4 is 5.69 Å². The summed E-state index contributed by atoms with van der Waals surface area (Å²) >= 11 is 12.2. The fraction of sp³-hybridized carbons (Fsp3) is 0.579. The number of rotatable bonds is 7. The van der Waals surface area contributed by atoms with Crippen LogP contribution in [0.15, 0.2) is 21.8 Å². The molecule has 30 heavy (non-hydrogen) atoms. The zero-order chi connectivity index (χ0) is 22.1. The lowest BCUT2D eigenvalue weighted by Crippen LogP contribution is -2.38. The maximum Gasteiger partial charge on any atom is 0.345 e. The molecule has 11 heteroatoms. The number of ether oxygens (including phenoxy) is 1. The third-order valence-corrected chi connectivity index (χ3v) is 8.20. The lowest BCUT2D eigenvalue weighted by atomic mass is 9.97. The van der Waals surface area contributed by atoms with Crippen LogP contribution in [0.4, 0.5) is 0 Å². The SMILES string of the molecule is CCn1c(C2CCN(S(=O)(=O)c3cc(C)c(Cl)cc3Cl)CC2)nn(CCOC)c1=O.